The van der Waals surface area contributed by atoms with Crippen LogP contribution in [-0.2, 0) is 0 Å². The highest BCUT2D eigenvalue weighted by molar-refractivity contribution is 6.01. The molecule has 2 aromatic carbocycles. The summed E-state index contributed by atoms with van der Waals surface area (Å²) in [6.07, 6.45) is 1.94. The van der Waals surface area contributed by atoms with E-state index < -0.39 is 5.60 Å². The van der Waals surface area contributed by atoms with Crippen molar-refractivity contribution >= 4 is 5.57 Å². The van der Waals surface area contributed by atoms with Crippen LogP contribution in [0.2, 0.25) is 0 Å². The fraction of sp³-hybridized carbons (Fsp3) is 0.176. The lowest BCUT2D eigenvalue weighted by molar-refractivity contribution is 0.133. The minimum absolute atomic E-state index is 0.806. The highest BCUT2D eigenvalue weighted by atomic mass is 16.3. The van der Waals surface area contributed by atoms with Gasteiger partial charge in [0.15, 0.2) is 0 Å². The van der Waals surface area contributed by atoms with Crippen molar-refractivity contribution in [2.24, 2.45) is 0 Å². The third kappa shape index (κ3) is 1.77. The minimum Gasteiger partial charge on any atom is -0.386 e. The predicted molar refractivity (Wildman–Crippen MR) is 75.3 cm³/mol. The summed E-state index contributed by atoms with van der Waals surface area (Å²) in [7, 11) is 0. The molecule has 0 aliphatic heterocycles. The zero-order chi connectivity index (χ0) is 12.8. The molecule has 1 heteroatoms. The Morgan fingerprint density at radius 3 is 1.56 bits per heavy atom. The SMILES string of the molecule is CC(C)(O)C=C1c2ccccc2-c2ccccc21. The summed E-state index contributed by atoms with van der Waals surface area (Å²) in [4.78, 5) is 0. The van der Waals surface area contributed by atoms with Crippen molar-refractivity contribution in [3.63, 3.8) is 0 Å². The number of aliphatic hydroxyl groups is 1. The first-order valence-corrected chi connectivity index (χ1v) is 6.21. The molecule has 3 rings (SSSR count). The second-order valence-electron chi connectivity index (χ2n) is 5.30. The molecule has 18 heavy (non-hydrogen) atoms. The molecule has 0 amide bonds. The molecule has 0 radical (unpaired) electrons. The molecule has 1 aliphatic rings. The average molecular weight is 236 g/mol. The van der Waals surface area contributed by atoms with Crippen molar-refractivity contribution in [1.29, 1.82) is 0 Å². The first-order chi connectivity index (χ1) is 8.56. The van der Waals surface area contributed by atoms with Gasteiger partial charge in [0.2, 0.25) is 0 Å². The molecule has 0 saturated carbocycles. The van der Waals surface area contributed by atoms with Crippen LogP contribution < -0.4 is 0 Å². The van der Waals surface area contributed by atoms with Crippen LogP contribution in [0.4, 0.5) is 0 Å². The highest BCUT2D eigenvalue weighted by Gasteiger charge is 2.24. The number of benzene rings is 2. The van der Waals surface area contributed by atoms with Crippen molar-refractivity contribution in [2.45, 2.75) is 19.4 Å². The Kier molecular flexibility index (Phi) is 2.39. The lowest BCUT2D eigenvalue weighted by atomic mass is 9.98. The first kappa shape index (κ1) is 11.2. The summed E-state index contributed by atoms with van der Waals surface area (Å²) in [5.74, 6) is 0. The topological polar surface area (TPSA) is 20.2 Å². The third-order valence-electron chi connectivity index (χ3n) is 3.22. The van der Waals surface area contributed by atoms with E-state index in [1.165, 1.54) is 22.3 Å². The second-order valence-corrected chi connectivity index (χ2v) is 5.30. The maximum atomic E-state index is 10.1. The quantitative estimate of drug-likeness (QED) is 0.680. The van der Waals surface area contributed by atoms with Crippen molar-refractivity contribution in [2.75, 3.05) is 0 Å². The Morgan fingerprint density at radius 1 is 0.778 bits per heavy atom. The maximum absolute atomic E-state index is 10.1. The van der Waals surface area contributed by atoms with Crippen LogP contribution >= 0.6 is 0 Å². The van der Waals surface area contributed by atoms with Gasteiger partial charge in [-0.3, -0.25) is 0 Å². The molecular formula is C17H16O. The number of rotatable bonds is 1. The molecule has 1 nitrogen and oxygen atoms in total. The molecule has 0 fully saturated rings. The Labute approximate surface area is 107 Å². The van der Waals surface area contributed by atoms with Gasteiger partial charge in [-0.1, -0.05) is 48.5 Å². The Morgan fingerprint density at radius 2 is 1.17 bits per heavy atom. The third-order valence-corrected chi connectivity index (χ3v) is 3.22. The van der Waals surface area contributed by atoms with Gasteiger partial charge < -0.3 is 5.11 Å². The van der Waals surface area contributed by atoms with Gasteiger partial charge in [-0.15, -0.1) is 0 Å². The van der Waals surface area contributed by atoms with Crippen LogP contribution in [0.5, 0.6) is 0 Å². The van der Waals surface area contributed by atoms with E-state index >= 15 is 0 Å². The fourth-order valence-electron chi connectivity index (χ4n) is 2.56. The smallest absolute Gasteiger partial charge is 0.0780 e. The van der Waals surface area contributed by atoms with Gasteiger partial charge in [-0.05, 0) is 47.8 Å². The zero-order valence-electron chi connectivity index (χ0n) is 10.6. The van der Waals surface area contributed by atoms with Gasteiger partial charge in [0, 0.05) is 0 Å². The molecule has 0 unspecified atom stereocenters. The van der Waals surface area contributed by atoms with E-state index in [0.717, 1.165) is 5.57 Å². The molecule has 1 aliphatic carbocycles. The minimum atomic E-state index is -0.806. The van der Waals surface area contributed by atoms with Gasteiger partial charge in [0.05, 0.1) is 5.60 Å². The van der Waals surface area contributed by atoms with E-state index in [-0.39, 0.29) is 0 Å². The molecule has 1 N–H and O–H groups in total. The fourth-order valence-corrected chi connectivity index (χ4v) is 2.56. The van der Waals surface area contributed by atoms with Crippen molar-refractivity contribution in [1.82, 2.24) is 0 Å². The Balaban J connectivity index is 2.31. The molecule has 0 saturated heterocycles. The van der Waals surface area contributed by atoms with Gasteiger partial charge in [0.1, 0.15) is 0 Å². The molecule has 0 bridgehead atoms. The number of hydrogen-bond donors (Lipinski definition) is 1. The lowest BCUT2D eigenvalue weighted by Gasteiger charge is -2.14. The van der Waals surface area contributed by atoms with Gasteiger partial charge in [0.25, 0.3) is 0 Å². The summed E-state index contributed by atoms with van der Waals surface area (Å²) in [6, 6.07) is 16.7. The van der Waals surface area contributed by atoms with Crippen LogP contribution in [0.15, 0.2) is 54.6 Å². The Bertz CT molecular complexity index is 583. The molecule has 90 valence electrons. The summed E-state index contributed by atoms with van der Waals surface area (Å²) in [5.41, 5.74) is 5.25. The largest absolute Gasteiger partial charge is 0.386 e. The Hall–Kier alpha value is -1.86. The van der Waals surface area contributed by atoms with Crippen molar-refractivity contribution in [3.05, 3.63) is 65.7 Å². The standard InChI is InChI=1S/C17H16O/c1-17(2,18)11-16-14-9-5-3-7-12(14)13-8-4-6-10-15(13)16/h3-11,18H,1-2H3. The van der Waals surface area contributed by atoms with Crippen LogP contribution in [0.3, 0.4) is 0 Å². The van der Waals surface area contributed by atoms with E-state index in [1.54, 1.807) is 0 Å². The molecule has 0 aromatic heterocycles. The molecule has 0 heterocycles. The van der Waals surface area contributed by atoms with E-state index in [1.807, 2.05) is 32.1 Å². The summed E-state index contributed by atoms with van der Waals surface area (Å²) < 4.78 is 0. The van der Waals surface area contributed by atoms with E-state index in [2.05, 4.69) is 36.4 Å². The van der Waals surface area contributed by atoms with E-state index in [0.29, 0.717) is 0 Å². The number of fused-ring (bicyclic) bond motifs is 3. The monoisotopic (exact) mass is 236 g/mol. The van der Waals surface area contributed by atoms with E-state index in [4.69, 9.17) is 0 Å². The molecular weight excluding hydrogens is 220 g/mol. The van der Waals surface area contributed by atoms with Gasteiger partial charge in [-0.25, -0.2) is 0 Å². The highest BCUT2D eigenvalue weighted by Crippen LogP contribution is 2.44. The van der Waals surface area contributed by atoms with E-state index in [9.17, 15) is 5.11 Å². The van der Waals surface area contributed by atoms with Crippen LogP contribution in [0.1, 0.15) is 25.0 Å². The molecule has 0 spiro atoms. The summed E-state index contributed by atoms with van der Waals surface area (Å²) >= 11 is 0. The van der Waals surface area contributed by atoms with Crippen molar-refractivity contribution in [3.8, 4) is 11.1 Å². The normalized spacial score (nSPS) is 13.2. The van der Waals surface area contributed by atoms with Crippen LogP contribution in [0, 0.1) is 0 Å². The molecule has 0 atom stereocenters. The van der Waals surface area contributed by atoms with Gasteiger partial charge >= 0.3 is 0 Å². The first-order valence-electron chi connectivity index (χ1n) is 6.21. The summed E-state index contributed by atoms with van der Waals surface area (Å²) in [5, 5.41) is 10.1. The lowest BCUT2D eigenvalue weighted by Crippen LogP contribution is -2.14. The van der Waals surface area contributed by atoms with Crippen LogP contribution in [-0.4, -0.2) is 10.7 Å². The van der Waals surface area contributed by atoms with Crippen LogP contribution in [0.25, 0.3) is 16.7 Å². The zero-order valence-corrected chi connectivity index (χ0v) is 10.6. The molecule has 2 aromatic rings. The van der Waals surface area contributed by atoms with Gasteiger partial charge in [-0.2, -0.15) is 0 Å². The maximum Gasteiger partial charge on any atom is 0.0780 e. The summed E-state index contributed by atoms with van der Waals surface area (Å²) in [6.45, 7) is 3.62. The predicted octanol–water partition coefficient (Wildman–Crippen LogP) is 3.87. The second kappa shape index (κ2) is 3.82. The van der Waals surface area contributed by atoms with Crippen molar-refractivity contribution < 1.29 is 5.11 Å². The number of hydrogen-bond acceptors (Lipinski definition) is 1. The average Bonchev–Trinajstić information content (AvgIpc) is 2.64.